The van der Waals surface area contributed by atoms with E-state index in [0.29, 0.717) is 11.3 Å². The lowest BCUT2D eigenvalue weighted by atomic mass is 10.2. The number of nitro groups is 1. The molecule has 0 aliphatic heterocycles. The predicted molar refractivity (Wildman–Crippen MR) is 103 cm³/mol. The van der Waals surface area contributed by atoms with Crippen molar-refractivity contribution in [2.45, 2.75) is 20.4 Å². The van der Waals surface area contributed by atoms with Gasteiger partial charge in [0.25, 0.3) is 5.91 Å². The number of nitrogens with one attached hydrogen (secondary N) is 2. The number of halogens is 1. The zero-order chi connectivity index (χ0) is 22.5. The Kier molecular flexibility index (Phi) is 6.33. The number of hydrogen-bond acceptors (Lipinski definition) is 8. The molecule has 1 aromatic carbocycles. The van der Waals surface area contributed by atoms with Crippen LogP contribution in [0.3, 0.4) is 0 Å². The fourth-order valence-corrected chi connectivity index (χ4v) is 2.78. The molecular formula is C18H18FN7O5. The second kappa shape index (κ2) is 9.11. The Bertz CT molecular complexity index is 1120. The van der Waals surface area contributed by atoms with Crippen LogP contribution in [0.25, 0.3) is 0 Å². The van der Waals surface area contributed by atoms with Crippen LogP contribution >= 0.6 is 0 Å². The third-order valence-electron chi connectivity index (χ3n) is 4.28. The number of rotatable bonds is 8. The lowest BCUT2D eigenvalue weighted by Gasteiger charge is -2.05. The first kappa shape index (κ1) is 21.5. The van der Waals surface area contributed by atoms with Crippen molar-refractivity contribution in [3.05, 3.63) is 68.9 Å². The topological polar surface area (TPSA) is 158 Å². The summed E-state index contributed by atoms with van der Waals surface area (Å²) in [5.74, 6) is -1.67. The van der Waals surface area contributed by atoms with Crippen LogP contribution in [0.4, 0.5) is 10.1 Å². The summed E-state index contributed by atoms with van der Waals surface area (Å²) in [5, 5.41) is 23.9. The van der Waals surface area contributed by atoms with Crippen molar-refractivity contribution >= 4 is 17.5 Å². The first-order valence-corrected chi connectivity index (χ1v) is 9.09. The Labute approximate surface area is 174 Å². The predicted octanol–water partition coefficient (Wildman–Crippen LogP) is 1.14. The van der Waals surface area contributed by atoms with Crippen molar-refractivity contribution < 1.29 is 23.4 Å². The van der Waals surface area contributed by atoms with Crippen molar-refractivity contribution in [3.63, 3.8) is 0 Å². The van der Waals surface area contributed by atoms with Gasteiger partial charge in [-0.25, -0.2) is 4.39 Å². The molecule has 0 bridgehead atoms. The number of benzene rings is 1. The minimum absolute atomic E-state index is 0.00891. The van der Waals surface area contributed by atoms with E-state index in [-0.39, 0.29) is 42.7 Å². The Hall–Kier alpha value is -4.16. The van der Waals surface area contributed by atoms with Crippen molar-refractivity contribution in [1.82, 2.24) is 30.6 Å². The standard InChI is InChI=1S/C18H18FN7O5/c1-10-15(26(29)30)11(2)25(23-10)9-14-22-18(31-24-14)17(28)21-8-7-20-16(27)12-3-5-13(19)6-4-12/h3-6H,7-9H2,1-2H3,(H,20,27)(H,21,28). The van der Waals surface area contributed by atoms with Gasteiger partial charge in [0.1, 0.15) is 23.7 Å². The zero-order valence-electron chi connectivity index (χ0n) is 16.6. The molecule has 0 fully saturated rings. The molecule has 0 atom stereocenters. The normalized spacial score (nSPS) is 10.7. The highest BCUT2D eigenvalue weighted by Gasteiger charge is 2.23. The summed E-state index contributed by atoms with van der Waals surface area (Å²) < 4.78 is 19.1. The Balaban J connectivity index is 1.50. The fraction of sp³-hybridized carbons (Fsp3) is 0.278. The molecule has 0 radical (unpaired) electrons. The molecule has 2 heterocycles. The van der Waals surface area contributed by atoms with Crippen molar-refractivity contribution in [1.29, 1.82) is 0 Å². The maximum absolute atomic E-state index is 12.9. The molecule has 2 aromatic heterocycles. The highest BCUT2D eigenvalue weighted by molar-refractivity contribution is 5.94. The van der Waals surface area contributed by atoms with Crippen molar-refractivity contribution in [3.8, 4) is 0 Å². The highest BCUT2D eigenvalue weighted by atomic mass is 19.1. The number of aromatic nitrogens is 4. The summed E-state index contributed by atoms with van der Waals surface area (Å²) in [6, 6.07) is 5.05. The fourth-order valence-electron chi connectivity index (χ4n) is 2.78. The maximum atomic E-state index is 12.9. The Morgan fingerprint density at radius 2 is 1.81 bits per heavy atom. The molecule has 0 saturated heterocycles. The highest BCUT2D eigenvalue weighted by Crippen LogP contribution is 2.22. The molecule has 0 aliphatic rings. The second-order valence-electron chi connectivity index (χ2n) is 6.47. The van der Waals surface area contributed by atoms with Crippen LogP contribution < -0.4 is 10.6 Å². The molecular weight excluding hydrogens is 413 g/mol. The molecule has 0 aliphatic carbocycles. The minimum atomic E-state index is -0.644. The summed E-state index contributed by atoms with van der Waals surface area (Å²) in [6.07, 6.45) is 0. The van der Waals surface area contributed by atoms with Gasteiger partial charge in [-0.3, -0.25) is 24.4 Å². The summed E-state index contributed by atoms with van der Waals surface area (Å²) >= 11 is 0. The minimum Gasteiger partial charge on any atom is -0.350 e. The van der Waals surface area contributed by atoms with Gasteiger partial charge in [-0.2, -0.15) is 10.1 Å². The number of aryl methyl sites for hydroxylation is 1. The van der Waals surface area contributed by atoms with Gasteiger partial charge in [-0.15, -0.1) is 0 Å². The van der Waals surface area contributed by atoms with Gasteiger partial charge in [0.15, 0.2) is 5.82 Å². The van der Waals surface area contributed by atoms with E-state index in [9.17, 15) is 24.1 Å². The summed E-state index contributed by atoms with van der Waals surface area (Å²) in [4.78, 5) is 38.5. The van der Waals surface area contributed by atoms with Crippen LogP contribution in [0.5, 0.6) is 0 Å². The average molecular weight is 431 g/mol. The van der Waals surface area contributed by atoms with Gasteiger partial charge >= 0.3 is 17.5 Å². The SMILES string of the molecule is Cc1nn(Cc2noc(C(=O)NCCNC(=O)c3ccc(F)cc3)n2)c(C)c1[N+](=O)[O-]. The molecule has 0 spiro atoms. The molecule has 2 N–H and O–H groups in total. The monoisotopic (exact) mass is 431 g/mol. The van der Waals surface area contributed by atoms with Gasteiger partial charge in [0.2, 0.25) is 0 Å². The average Bonchev–Trinajstić information content (AvgIpc) is 3.30. The maximum Gasteiger partial charge on any atom is 0.316 e. The number of hydrogen-bond donors (Lipinski definition) is 2. The molecule has 2 amide bonds. The van der Waals surface area contributed by atoms with Gasteiger partial charge in [-0.05, 0) is 38.1 Å². The summed E-state index contributed by atoms with van der Waals surface area (Å²) in [7, 11) is 0. The Morgan fingerprint density at radius 1 is 1.16 bits per heavy atom. The van der Waals surface area contributed by atoms with E-state index in [0.717, 1.165) is 0 Å². The van der Waals surface area contributed by atoms with E-state index in [2.05, 4.69) is 25.9 Å². The van der Waals surface area contributed by atoms with E-state index >= 15 is 0 Å². The smallest absolute Gasteiger partial charge is 0.316 e. The van der Waals surface area contributed by atoms with Crippen molar-refractivity contribution in [2.75, 3.05) is 13.1 Å². The lowest BCUT2D eigenvalue weighted by molar-refractivity contribution is -0.386. The molecule has 12 nitrogen and oxygen atoms in total. The molecule has 3 aromatic rings. The van der Waals surface area contributed by atoms with Crippen LogP contribution in [0.1, 0.15) is 38.3 Å². The van der Waals surface area contributed by atoms with Crippen molar-refractivity contribution in [2.24, 2.45) is 0 Å². The quantitative estimate of drug-likeness (QED) is 0.305. The first-order valence-electron chi connectivity index (χ1n) is 9.09. The van der Waals surface area contributed by atoms with Crippen LogP contribution in [0, 0.1) is 29.8 Å². The number of carbonyl (C=O) groups is 2. The van der Waals surface area contributed by atoms with Gasteiger partial charge in [-0.1, -0.05) is 5.16 Å². The molecule has 162 valence electrons. The lowest BCUT2D eigenvalue weighted by Crippen LogP contribution is -2.34. The van der Waals surface area contributed by atoms with Crippen LogP contribution in [-0.4, -0.2) is 49.7 Å². The van der Waals surface area contributed by atoms with Crippen LogP contribution in [0.15, 0.2) is 28.8 Å². The Morgan fingerprint density at radius 3 is 2.42 bits per heavy atom. The molecule has 0 unspecified atom stereocenters. The summed E-state index contributed by atoms with van der Waals surface area (Å²) in [5.41, 5.74) is 0.782. The molecule has 0 saturated carbocycles. The number of nitrogens with zero attached hydrogens (tertiary/aromatic N) is 5. The van der Waals surface area contributed by atoms with Gasteiger partial charge < -0.3 is 15.2 Å². The molecule has 3 rings (SSSR count). The zero-order valence-corrected chi connectivity index (χ0v) is 16.6. The number of amides is 2. The van der Waals surface area contributed by atoms with Gasteiger partial charge in [0, 0.05) is 18.7 Å². The largest absolute Gasteiger partial charge is 0.350 e. The summed E-state index contributed by atoms with van der Waals surface area (Å²) in [6.45, 7) is 3.27. The second-order valence-corrected chi connectivity index (χ2v) is 6.47. The first-order chi connectivity index (χ1) is 14.8. The van der Waals surface area contributed by atoms with E-state index < -0.39 is 22.6 Å². The molecule has 13 heteroatoms. The van der Waals surface area contributed by atoms with Crippen LogP contribution in [-0.2, 0) is 6.54 Å². The van der Waals surface area contributed by atoms with E-state index in [4.69, 9.17) is 4.52 Å². The third kappa shape index (κ3) is 5.07. The third-order valence-corrected chi connectivity index (χ3v) is 4.28. The van der Waals surface area contributed by atoms with E-state index in [1.165, 1.54) is 35.9 Å². The molecule has 31 heavy (non-hydrogen) atoms. The van der Waals surface area contributed by atoms with Gasteiger partial charge in [0.05, 0.1) is 4.92 Å². The van der Waals surface area contributed by atoms with E-state index in [1.807, 2.05) is 0 Å². The van der Waals surface area contributed by atoms with E-state index in [1.54, 1.807) is 6.92 Å². The number of carbonyl (C=O) groups excluding carboxylic acids is 2. The van der Waals surface area contributed by atoms with Crippen LogP contribution in [0.2, 0.25) is 0 Å².